The second kappa shape index (κ2) is 7.88. The molecule has 1 aromatic carbocycles. The van der Waals surface area contributed by atoms with Gasteiger partial charge < -0.3 is 15.2 Å². The van der Waals surface area contributed by atoms with E-state index in [1.54, 1.807) is 62.6 Å². The van der Waals surface area contributed by atoms with E-state index in [2.05, 4.69) is 30.2 Å². The first kappa shape index (κ1) is 19.5. The van der Waals surface area contributed by atoms with Crippen LogP contribution in [0.25, 0.3) is 11.0 Å². The highest BCUT2D eigenvalue weighted by Gasteiger charge is 2.18. The summed E-state index contributed by atoms with van der Waals surface area (Å²) in [5.41, 5.74) is 1.76. The molecule has 4 rings (SSSR count). The van der Waals surface area contributed by atoms with Gasteiger partial charge in [0, 0.05) is 25.0 Å². The molecule has 0 unspecified atom stereocenters. The fourth-order valence-electron chi connectivity index (χ4n) is 2.75. The summed E-state index contributed by atoms with van der Waals surface area (Å²) in [5.74, 6) is 0.285. The molecule has 0 atom stereocenters. The number of nitrogens with zero attached hydrogens (tertiary/aromatic N) is 4. The van der Waals surface area contributed by atoms with E-state index in [1.165, 1.54) is 0 Å². The van der Waals surface area contributed by atoms with Crippen LogP contribution in [-0.4, -0.2) is 31.3 Å². The number of benzene rings is 1. The van der Waals surface area contributed by atoms with Crippen LogP contribution in [0.4, 0.5) is 0 Å². The summed E-state index contributed by atoms with van der Waals surface area (Å²) in [4.78, 5) is 21.1. The van der Waals surface area contributed by atoms with Gasteiger partial charge in [-0.05, 0) is 60.1 Å². The Morgan fingerprint density at radius 1 is 1.13 bits per heavy atom. The molecule has 152 valence electrons. The number of carbonyl (C=O) groups is 1. The molecule has 0 saturated carbocycles. The van der Waals surface area contributed by atoms with Gasteiger partial charge in [0.2, 0.25) is 5.88 Å². The zero-order chi connectivity index (χ0) is 21.1. The number of hydrogen-bond acceptors (Lipinski definition) is 8. The van der Waals surface area contributed by atoms with Crippen LogP contribution in [0.2, 0.25) is 0 Å². The maximum atomic E-state index is 12.7. The van der Waals surface area contributed by atoms with Crippen LogP contribution in [0.1, 0.15) is 35.5 Å². The van der Waals surface area contributed by atoms with E-state index < -0.39 is 5.60 Å². The van der Waals surface area contributed by atoms with Gasteiger partial charge in [-0.2, -0.15) is 0 Å². The number of nitrogens with one attached hydrogen (secondary N) is 1. The Morgan fingerprint density at radius 3 is 2.73 bits per heavy atom. The highest BCUT2D eigenvalue weighted by Crippen LogP contribution is 2.25. The molecular weight excluding hydrogens is 386 g/mol. The summed E-state index contributed by atoms with van der Waals surface area (Å²) in [6, 6.07) is 11.9. The van der Waals surface area contributed by atoms with Gasteiger partial charge in [-0.25, -0.2) is 9.61 Å². The Balaban J connectivity index is 1.46. The lowest BCUT2D eigenvalue weighted by Gasteiger charge is -2.16. The zero-order valence-electron chi connectivity index (χ0n) is 16.4. The number of rotatable bonds is 6. The lowest BCUT2D eigenvalue weighted by atomic mass is 10.0. The zero-order valence-corrected chi connectivity index (χ0v) is 16.4. The molecule has 0 radical (unpaired) electrons. The van der Waals surface area contributed by atoms with Crippen molar-refractivity contribution in [3.8, 4) is 11.6 Å². The van der Waals surface area contributed by atoms with Crippen molar-refractivity contribution in [1.29, 1.82) is 0 Å². The minimum Gasteiger partial charge on any atom is -0.438 e. The van der Waals surface area contributed by atoms with Crippen molar-refractivity contribution in [3.63, 3.8) is 0 Å². The minimum absolute atomic E-state index is 0.168. The number of hydrogen-bond donors (Lipinski definition) is 2. The van der Waals surface area contributed by atoms with Crippen molar-refractivity contribution in [1.82, 2.24) is 25.6 Å². The fraction of sp³-hybridized carbons (Fsp3) is 0.190. The first-order valence-corrected chi connectivity index (χ1v) is 9.21. The molecule has 30 heavy (non-hydrogen) atoms. The lowest BCUT2D eigenvalue weighted by molar-refractivity contribution is 0.0737. The quantitative estimate of drug-likeness (QED) is 0.502. The molecule has 0 bridgehead atoms. The number of aromatic nitrogens is 4. The SMILES string of the molecule is CC(C)(O)c1ccc(CNC(=O)c2cccnc2Oc2ccc3nonc3c2)cn1. The molecule has 0 aliphatic heterocycles. The molecule has 0 saturated heterocycles. The molecule has 0 fully saturated rings. The molecule has 0 aliphatic rings. The largest absolute Gasteiger partial charge is 0.438 e. The maximum Gasteiger partial charge on any atom is 0.257 e. The van der Waals surface area contributed by atoms with Crippen LogP contribution in [0, 0.1) is 0 Å². The highest BCUT2D eigenvalue weighted by atomic mass is 16.6. The Bertz CT molecular complexity index is 1180. The van der Waals surface area contributed by atoms with Crippen LogP contribution < -0.4 is 10.1 Å². The summed E-state index contributed by atoms with van der Waals surface area (Å²) in [5, 5.41) is 20.3. The van der Waals surface area contributed by atoms with Gasteiger partial charge in [-0.3, -0.25) is 9.78 Å². The Kier molecular flexibility index (Phi) is 5.11. The molecule has 3 aromatic heterocycles. The molecule has 3 heterocycles. The van der Waals surface area contributed by atoms with Gasteiger partial charge in [-0.1, -0.05) is 6.07 Å². The Labute approximate surface area is 171 Å². The Morgan fingerprint density at radius 2 is 1.97 bits per heavy atom. The number of ether oxygens (including phenoxy) is 1. The standard InChI is InChI=1S/C21H19N5O4/c1-21(2,28)18-8-5-13(11-23-18)12-24-19(27)15-4-3-9-22-20(15)29-14-6-7-16-17(10-14)26-30-25-16/h3-11,28H,12H2,1-2H3,(H,24,27). The predicted molar refractivity (Wildman–Crippen MR) is 107 cm³/mol. The number of aliphatic hydroxyl groups is 1. The van der Waals surface area contributed by atoms with E-state index in [9.17, 15) is 9.90 Å². The first-order valence-electron chi connectivity index (χ1n) is 9.21. The first-order chi connectivity index (χ1) is 14.4. The van der Waals surface area contributed by atoms with Crippen LogP contribution in [-0.2, 0) is 12.1 Å². The van der Waals surface area contributed by atoms with Gasteiger partial charge in [-0.15, -0.1) is 0 Å². The number of carbonyl (C=O) groups excluding carboxylic acids is 1. The summed E-state index contributed by atoms with van der Waals surface area (Å²) < 4.78 is 10.5. The summed E-state index contributed by atoms with van der Waals surface area (Å²) >= 11 is 0. The van der Waals surface area contributed by atoms with Gasteiger partial charge >= 0.3 is 0 Å². The van der Waals surface area contributed by atoms with Crippen molar-refractivity contribution >= 4 is 16.9 Å². The van der Waals surface area contributed by atoms with E-state index in [0.717, 1.165) is 5.56 Å². The maximum absolute atomic E-state index is 12.7. The lowest BCUT2D eigenvalue weighted by Crippen LogP contribution is -2.24. The second-order valence-corrected chi connectivity index (χ2v) is 7.17. The average Bonchev–Trinajstić information content (AvgIpc) is 3.20. The Hall–Kier alpha value is -3.85. The van der Waals surface area contributed by atoms with Gasteiger partial charge in [0.25, 0.3) is 5.91 Å². The average molecular weight is 405 g/mol. The molecule has 4 aromatic rings. The van der Waals surface area contributed by atoms with Crippen molar-refractivity contribution in [2.24, 2.45) is 0 Å². The van der Waals surface area contributed by atoms with Gasteiger partial charge in [0.05, 0.1) is 5.69 Å². The summed E-state index contributed by atoms with van der Waals surface area (Å²) in [6.45, 7) is 3.60. The van der Waals surface area contributed by atoms with Gasteiger partial charge in [0.15, 0.2) is 0 Å². The number of fused-ring (bicyclic) bond motifs is 1. The topological polar surface area (TPSA) is 123 Å². The molecule has 9 heteroatoms. The predicted octanol–water partition coefficient (Wildman–Crippen LogP) is 2.96. The van der Waals surface area contributed by atoms with Gasteiger partial charge in [0.1, 0.15) is 27.9 Å². The monoisotopic (exact) mass is 405 g/mol. The minimum atomic E-state index is -1.02. The van der Waals surface area contributed by atoms with Crippen molar-refractivity contribution in [3.05, 3.63) is 71.7 Å². The third kappa shape index (κ3) is 4.26. The third-order valence-corrected chi connectivity index (χ3v) is 4.36. The number of pyridine rings is 2. The smallest absolute Gasteiger partial charge is 0.257 e. The second-order valence-electron chi connectivity index (χ2n) is 7.17. The van der Waals surface area contributed by atoms with E-state index in [-0.39, 0.29) is 23.9 Å². The van der Waals surface area contributed by atoms with E-state index in [1.807, 2.05) is 6.07 Å². The van der Waals surface area contributed by atoms with Crippen LogP contribution >= 0.6 is 0 Å². The fourth-order valence-corrected chi connectivity index (χ4v) is 2.75. The highest BCUT2D eigenvalue weighted by molar-refractivity contribution is 5.96. The van der Waals surface area contributed by atoms with Crippen molar-refractivity contribution < 1.29 is 19.3 Å². The van der Waals surface area contributed by atoms with E-state index >= 15 is 0 Å². The molecule has 2 N–H and O–H groups in total. The van der Waals surface area contributed by atoms with E-state index in [4.69, 9.17) is 4.74 Å². The van der Waals surface area contributed by atoms with Crippen molar-refractivity contribution in [2.45, 2.75) is 26.0 Å². The van der Waals surface area contributed by atoms with Crippen LogP contribution in [0.3, 0.4) is 0 Å². The molecule has 0 spiro atoms. The molecule has 1 amide bonds. The summed E-state index contributed by atoms with van der Waals surface area (Å²) in [6.07, 6.45) is 3.16. The molecule has 9 nitrogen and oxygen atoms in total. The molecule has 0 aliphatic carbocycles. The van der Waals surface area contributed by atoms with Crippen LogP contribution in [0.5, 0.6) is 11.6 Å². The van der Waals surface area contributed by atoms with Crippen molar-refractivity contribution in [2.75, 3.05) is 0 Å². The normalized spacial score (nSPS) is 11.4. The summed E-state index contributed by atoms with van der Waals surface area (Å²) in [7, 11) is 0. The third-order valence-electron chi connectivity index (χ3n) is 4.36. The van der Waals surface area contributed by atoms with Crippen LogP contribution in [0.15, 0.2) is 59.5 Å². The molecular formula is C21H19N5O4. The number of amides is 1. The van der Waals surface area contributed by atoms with E-state index in [0.29, 0.717) is 22.5 Å².